The second-order valence-corrected chi connectivity index (χ2v) is 3.87. The lowest BCUT2D eigenvalue weighted by atomic mass is 10.2. The van der Waals surface area contributed by atoms with Crippen molar-refractivity contribution < 1.29 is 0 Å². The van der Waals surface area contributed by atoms with Crippen LogP contribution >= 0.6 is 0 Å². The molecule has 1 aliphatic rings. The average molecular weight is 190 g/mol. The van der Waals surface area contributed by atoms with Gasteiger partial charge in [0.1, 0.15) is 17.5 Å². The van der Waals surface area contributed by atoms with E-state index in [1.165, 1.54) is 12.8 Å². The molecule has 0 aromatic carbocycles. The molecule has 0 spiro atoms. The predicted octanol–water partition coefficient (Wildman–Crippen LogP) is 1.42. The Hall–Kier alpha value is -1.50. The first-order valence-electron chi connectivity index (χ1n) is 4.90. The summed E-state index contributed by atoms with van der Waals surface area (Å²) in [6.45, 7) is 2.83. The van der Waals surface area contributed by atoms with Crippen LogP contribution in [-0.2, 0) is 7.05 Å². The third-order valence-corrected chi connectivity index (χ3v) is 2.59. The van der Waals surface area contributed by atoms with E-state index in [9.17, 15) is 0 Å². The average Bonchev–Trinajstić information content (AvgIpc) is 2.91. The Morgan fingerprint density at radius 3 is 2.93 bits per heavy atom. The van der Waals surface area contributed by atoms with Crippen LogP contribution in [0.3, 0.4) is 0 Å². The summed E-state index contributed by atoms with van der Waals surface area (Å²) in [6.07, 6.45) is 2.62. The SMILES string of the molecule is Cc1nn(C)c(NCC2CC2)c1C#N. The van der Waals surface area contributed by atoms with E-state index in [4.69, 9.17) is 5.26 Å². The summed E-state index contributed by atoms with van der Waals surface area (Å²) in [5.41, 5.74) is 1.47. The number of nitriles is 1. The second kappa shape index (κ2) is 3.33. The van der Waals surface area contributed by atoms with Crippen LogP contribution in [0.1, 0.15) is 24.1 Å². The Balaban J connectivity index is 2.17. The molecule has 0 radical (unpaired) electrons. The van der Waals surface area contributed by atoms with Crippen molar-refractivity contribution in [3.63, 3.8) is 0 Å². The molecule has 1 saturated carbocycles. The van der Waals surface area contributed by atoms with Crippen LogP contribution in [-0.4, -0.2) is 16.3 Å². The van der Waals surface area contributed by atoms with Gasteiger partial charge in [-0.2, -0.15) is 10.4 Å². The number of nitrogens with zero attached hydrogens (tertiary/aromatic N) is 3. The Morgan fingerprint density at radius 1 is 1.64 bits per heavy atom. The smallest absolute Gasteiger partial charge is 0.142 e. The van der Waals surface area contributed by atoms with Crippen molar-refractivity contribution in [1.82, 2.24) is 9.78 Å². The Bertz CT molecular complexity index is 382. The van der Waals surface area contributed by atoms with Crippen molar-refractivity contribution in [2.24, 2.45) is 13.0 Å². The minimum Gasteiger partial charge on any atom is -0.369 e. The summed E-state index contributed by atoms with van der Waals surface area (Å²) in [5.74, 6) is 1.66. The number of nitrogens with one attached hydrogen (secondary N) is 1. The normalized spacial score (nSPS) is 15.2. The minimum absolute atomic E-state index is 0.674. The molecule has 0 unspecified atom stereocenters. The topological polar surface area (TPSA) is 53.6 Å². The number of anilines is 1. The minimum atomic E-state index is 0.674. The van der Waals surface area contributed by atoms with Gasteiger partial charge in [0, 0.05) is 13.6 Å². The van der Waals surface area contributed by atoms with Crippen LogP contribution in [0, 0.1) is 24.2 Å². The van der Waals surface area contributed by atoms with Gasteiger partial charge in [0.15, 0.2) is 0 Å². The summed E-state index contributed by atoms with van der Waals surface area (Å²) in [5, 5.41) is 16.5. The van der Waals surface area contributed by atoms with E-state index >= 15 is 0 Å². The maximum atomic E-state index is 8.95. The zero-order valence-corrected chi connectivity index (χ0v) is 8.54. The van der Waals surface area contributed by atoms with E-state index in [1.807, 2.05) is 14.0 Å². The molecule has 74 valence electrons. The molecule has 1 aromatic heterocycles. The highest BCUT2D eigenvalue weighted by Gasteiger charge is 2.22. The van der Waals surface area contributed by atoms with Crippen molar-refractivity contribution in [3.05, 3.63) is 11.3 Å². The number of hydrogen-bond donors (Lipinski definition) is 1. The Labute approximate surface area is 83.5 Å². The van der Waals surface area contributed by atoms with Crippen LogP contribution in [0.2, 0.25) is 0 Å². The zero-order chi connectivity index (χ0) is 10.1. The largest absolute Gasteiger partial charge is 0.369 e. The summed E-state index contributed by atoms with van der Waals surface area (Å²) in [4.78, 5) is 0. The van der Waals surface area contributed by atoms with Gasteiger partial charge in [-0.05, 0) is 25.7 Å². The van der Waals surface area contributed by atoms with Crippen molar-refractivity contribution >= 4 is 5.82 Å². The highest BCUT2D eigenvalue weighted by molar-refractivity contribution is 5.55. The molecule has 0 aliphatic heterocycles. The van der Waals surface area contributed by atoms with Gasteiger partial charge in [-0.3, -0.25) is 4.68 Å². The van der Waals surface area contributed by atoms with Gasteiger partial charge < -0.3 is 5.32 Å². The van der Waals surface area contributed by atoms with E-state index in [0.717, 1.165) is 24.0 Å². The number of rotatable bonds is 3. The van der Waals surface area contributed by atoms with Crippen molar-refractivity contribution in [2.45, 2.75) is 19.8 Å². The first-order chi connectivity index (χ1) is 6.72. The molecule has 1 heterocycles. The fourth-order valence-corrected chi connectivity index (χ4v) is 1.56. The maximum Gasteiger partial charge on any atom is 0.142 e. The van der Waals surface area contributed by atoms with Crippen molar-refractivity contribution in [3.8, 4) is 6.07 Å². The van der Waals surface area contributed by atoms with Gasteiger partial charge in [-0.15, -0.1) is 0 Å². The molecule has 0 atom stereocenters. The van der Waals surface area contributed by atoms with Gasteiger partial charge in [0.2, 0.25) is 0 Å². The van der Waals surface area contributed by atoms with E-state index in [2.05, 4.69) is 16.5 Å². The molecule has 14 heavy (non-hydrogen) atoms. The monoisotopic (exact) mass is 190 g/mol. The molecule has 0 bridgehead atoms. The van der Waals surface area contributed by atoms with Crippen molar-refractivity contribution in [1.29, 1.82) is 5.26 Å². The summed E-state index contributed by atoms with van der Waals surface area (Å²) >= 11 is 0. The molecule has 0 saturated heterocycles. The van der Waals surface area contributed by atoms with E-state index < -0.39 is 0 Å². The molecule has 4 heteroatoms. The van der Waals surface area contributed by atoms with Crippen LogP contribution < -0.4 is 5.32 Å². The quantitative estimate of drug-likeness (QED) is 0.784. The van der Waals surface area contributed by atoms with Gasteiger partial charge >= 0.3 is 0 Å². The Kier molecular flexibility index (Phi) is 2.16. The predicted molar refractivity (Wildman–Crippen MR) is 53.9 cm³/mol. The van der Waals surface area contributed by atoms with Crippen molar-refractivity contribution in [2.75, 3.05) is 11.9 Å². The number of aromatic nitrogens is 2. The summed E-state index contributed by atoms with van der Waals surface area (Å²) in [6, 6.07) is 2.18. The van der Waals surface area contributed by atoms with Crippen LogP contribution in [0.4, 0.5) is 5.82 Å². The molecular weight excluding hydrogens is 176 g/mol. The highest BCUT2D eigenvalue weighted by atomic mass is 15.3. The van der Waals surface area contributed by atoms with Crippen LogP contribution in [0.15, 0.2) is 0 Å². The zero-order valence-electron chi connectivity index (χ0n) is 8.54. The summed E-state index contributed by atoms with van der Waals surface area (Å²) < 4.78 is 1.75. The first kappa shape index (κ1) is 9.07. The van der Waals surface area contributed by atoms with Gasteiger partial charge in [0.05, 0.1) is 5.69 Å². The maximum absolute atomic E-state index is 8.95. The summed E-state index contributed by atoms with van der Waals surface area (Å²) in [7, 11) is 1.86. The Morgan fingerprint density at radius 2 is 2.36 bits per heavy atom. The first-order valence-corrected chi connectivity index (χ1v) is 4.90. The molecule has 1 N–H and O–H groups in total. The van der Waals surface area contributed by atoms with E-state index in [0.29, 0.717) is 5.56 Å². The van der Waals surface area contributed by atoms with Gasteiger partial charge in [-0.1, -0.05) is 0 Å². The lowest BCUT2D eigenvalue weighted by Crippen LogP contribution is -2.08. The van der Waals surface area contributed by atoms with E-state index in [-0.39, 0.29) is 0 Å². The third-order valence-electron chi connectivity index (χ3n) is 2.59. The van der Waals surface area contributed by atoms with Gasteiger partial charge in [0.25, 0.3) is 0 Å². The standard InChI is InChI=1S/C10H14N4/c1-7-9(5-11)10(14(2)13-7)12-6-8-3-4-8/h8,12H,3-4,6H2,1-2H3. The molecule has 0 amide bonds. The van der Waals surface area contributed by atoms with Gasteiger partial charge in [-0.25, -0.2) is 0 Å². The van der Waals surface area contributed by atoms with Crippen LogP contribution in [0.25, 0.3) is 0 Å². The molecule has 2 rings (SSSR count). The lowest BCUT2D eigenvalue weighted by Gasteiger charge is -2.05. The van der Waals surface area contributed by atoms with Crippen LogP contribution in [0.5, 0.6) is 0 Å². The molecule has 4 nitrogen and oxygen atoms in total. The fourth-order valence-electron chi connectivity index (χ4n) is 1.56. The third kappa shape index (κ3) is 1.58. The number of hydrogen-bond acceptors (Lipinski definition) is 3. The lowest BCUT2D eigenvalue weighted by molar-refractivity contribution is 0.751. The molecular formula is C10H14N4. The van der Waals surface area contributed by atoms with E-state index in [1.54, 1.807) is 4.68 Å². The molecule has 1 aliphatic carbocycles. The fraction of sp³-hybridized carbons (Fsp3) is 0.600. The molecule has 1 aromatic rings. The molecule has 1 fully saturated rings. The second-order valence-electron chi connectivity index (χ2n) is 3.87. The highest BCUT2D eigenvalue weighted by Crippen LogP contribution is 2.29. The number of aryl methyl sites for hydroxylation is 2.